The van der Waals surface area contributed by atoms with Crippen LogP contribution in [0.15, 0.2) is 42.5 Å². The van der Waals surface area contributed by atoms with Gasteiger partial charge in [-0.15, -0.1) is 0 Å². The molecule has 0 unspecified atom stereocenters. The van der Waals surface area contributed by atoms with E-state index in [9.17, 15) is 4.39 Å². The lowest BCUT2D eigenvalue weighted by atomic mass is 10.0. The summed E-state index contributed by atoms with van der Waals surface area (Å²) in [5.41, 5.74) is 4.61. The molecule has 2 aliphatic heterocycles. The molecule has 4 rings (SSSR count). The van der Waals surface area contributed by atoms with Gasteiger partial charge in [-0.25, -0.2) is 9.24 Å². The van der Waals surface area contributed by atoms with Crippen molar-refractivity contribution in [2.75, 3.05) is 31.1 Å². The van der Waals surface area contributed by atoms with Gasteiger partial charge >= 0.3 is 0 Å². The van der Waals surface area contributed by atoms with Gasteiger partial charge in [0.15, 0.2) is 5.69 Å². The monoisotopic (exact) mass is 349 g/mol. The normalized spacial score (nSPS) is 17.9. The molecule has 0 aromatic heterocycles. The van der Waals surface area contributed by atoms with Gasteiger partial charge in [0.05, 0.1) is 6.57 Å². The van der Waals surface area contributed by atoms with Gasteiger partial charge in [0.1, 0.15) is 5.82 Å². The van der Waals surface area contributed by atoms with Gasteiger partial charge in [0.2, 0.25) is 0 Å². The molecule has 0 amide bonds. The van der Waals surface area contributed by atoms with Crippen molar-refractivity contribution in [2.24, 2.45) is 0 Å². The number of piperidine rings is 1. The quantitative estimate of drug-likeness (QED) is 0.756. The first kappa shape index (κ1) is 17.1. The molecule has 2 aliphatic rings. The van der Waals surface area contributed by atoms with E-state index >= 15 is 0 Å². The Balaban J connectivity index is 1.32. The summed E-state index contributed by atoms with van der Waals surface area (Å²) in [5.74, 6) is -0.165. The Kier molecular flexibility index (Phi) is 4.90. The van der Waals surface area contributed by atoms with Crippen molar-refractivity contribution in [3.05, 3.63) is 70.8 Å². The smallest absolute Gasteiger partial charge is 0.189 e. The Bertz CT molecular complexity index is 801. The van der Waals surface area contributed by atoms with Crippen molar-refractivity contribution < 1.29 is 4.39 Å². The minimum Gasteiger partial charge on any atom is -0.369 e. The Morgan fingerprint density at radius 3 is 2.54 bits per heavy atom. The van der Waals surface area contributed by atoms with Crippen LogP contribution in [0.2, 0.25) is 0 Å². The molecular formula is C22H24FN3. The van der Waals surface area contributed by atoms with Crippen molar-refractivity contribution in [2.45, 2.75) is 31.7 Å². The van der Waals surface area contributed by atoms with Gasteiger partial charge in [-0.3, -0.25) is 0 Å². The molecule has 134 valence electrons. The molecule has 0 spiro atoms. The zero-order valence-corrected chi connectivity index (χ0v) is 15.0. The van der Waals surface area contributed by atoms with E-state index < -0.39 is 0 Å². The maximum Gasteiger partial charge on any atom is 0.189 e. The van der Waals surface area contributed by atoms with Crippen LogP contribution >= 0.6 is 0 Å². The largest absolute Gasteiger partial charge is 0.369 e. The average Bonchev–Trinajstić information content (AvgIpc) is 3.11. The minimum atomic E-state index is -0.165. The standard InChI is InChI=1S/C22H24FN3/c1-24-20-7-4-18-9-15-26(22(18)16-20)21-10-13-25(14-11-21)12-8-17-2-5-19(23)6-3-17/h2-7,16,21H,8-15H2. The lowest BCUT2D eigenvalue weighted by Gasteiger charge is -2.38. The van der Waals surface area contributed by atoms with E-state index in [4.69, 9.17) is 6.57 Å². The topological polar surface area (TPSA) is 10.8 Å². The molecular weight excluding hydrogens is 325 g/mol. The number of hydrogen-bond acceptors (Lipinski definition) is 2. The molecule has 3 nitrogen and oxygen atoms in total. The van der Waals surface area contributed by atoms with Gasteiger partial charge in [-0.1, -0.05) is 24.3 Å². The fourth-order valence-electron chi connectivity index (χ4n) is 4.23. The number of halogens is 1. The third-order valence-corrected chi connectivity index (χ3v) is 5.76. The van der Waals surface area contributed by atoms with Crippen LogP contribution in [0.5, 0.6) is 0 Å². The molecule has 1 saturated heterocycles. The van der Waals surface area contributed by atoms with Gasteiger partial charge in [-0.05, 0) is 55.0 Å². The summed E-state index contributed by atoms with van der Waals surface area (Å²) >= 11 is 0. The van der Waals surface area contributed by atoms with Crippen LogP contribution in [-0.4, -0.2) is 37.1 Å². The summed E-state index contributed by atoms with van der Waals surface area (Å²) in [5, 5.41) is 0. The van der Waals surface area contributed by atoms with E-state index in [2.05, 4.69) is 26.8 Å². The van der Waals surface area contributed by atoms with Crippen molar-refractivity contribution in [3.8, 4) is 0 Å². The van der Waals surface area contributed by atoms with Crippen molar-refractivity contribution in [3.63, 3.8) is 0 Å². The highest BCUT2D eigenvalue weighted by Crippen LogP contribution is 2.35. The molecule has 0 N–H and O–H groups in total. The molecule has 0 radical (unpaired) electrons. The highest BCUT2D eigenvalue weighted by Gasteiger charge is 2.29. The molecule has 0 aliphatic carbocycles. The lowest BCUT2D eigenvalue weighted by molar-refractivity contribution is 0.212. The second kappa shape index (κ2) is 7.47. The number of rotatable bonds is 4. The fraction of sp³-hybridized carbons (Fsp3) is 0.409. The summed E-state index contributed by atoms with van der Waals surface area (Å²) in [7, 11) is 0. The van der Waals surface area contributed by atoms with Crippen molar-refractivity contribution in [1.82, 2.24) is 4.90 Å². The maximum absolute atomic E-state index is 13.0. The summed E-state index contributed by atoms with van der Waals surface area (Å²) in [6.07, 6.45) is 4.42. The first-order valence-corrected chi connectivity index (χ1v) is 9.47. The van der Waals surface area contributed by atoms with Crippen LogP contribution in [0.3, 0.4) is 0 Å². The SMILES string of the molecule is [C-]#[N+]c1ccc2c(c1)N(C1CCN(CCc3ccc(F)cc3)CC1)CC2. The highest BCUT2D eigenvalue weighted by molar-refractivity contribution is 5.66. The van der Waals surface area contributed by atoms with Crippen molar-refractivity contribution >= 4 is 11.4 Å². The second-order valence-electron chi connectivity index (χ2n) is 7.32. The third-order valence-electron chi connectivity index (χ3n) is 5.76. The van der Waals surface area contributed by atoms with Crippen LogP contribution in [0.4, 0.5) is 15.8 Å². The van der Waals surface area contributed by atoms with Crippen LogP contribution in [-0.2, 0) is 12.8 Å². The summed E-state index contributed by atoms with van der Waals surface area (Å²) in [4.78, 5) is 8.64. The summed E-state index contributed by atoms with van der Waals surface area (Å²) in [6.45, 7) is 11.6. The summed E-state index contributed by atoms with van der Waals surface area (Å²) in [6, 6.07) is 13.6. The number of nitrogens with zero attached hydrogens (tertiary/aromatic N) is 3. The van der Waals surface area contributed by atoms with E-state index in [1.807, 2.05) is 18.2 Å². The number of likely N-dealkylation sites (tertiary alicyclic amines) is 1. The van der Waals surface area contributed by atoms with E-state index in [0.717, 1.165) is 44.7 Å². The van der Waals surface area contributed by atoms with Crippen LogP contribution in [0.25, 0.3) is 4.85 Å². The third kappa shape index (κ3) is 3.59. The molecule has 0 atom stereocenters. The Morgan fingerprint density at radius 2 is 1.81 bits per heavy atom. The first-order chi connectivity index (χ1) is 12.7. The number of benzene rings is 2. The van der Waals surface area contributed by atoms with Crippen LogP contribution in [0, 0.1) is 12.4 Å². The highest BCUT2D eigenvalue weighted by atomic mass is 19.1. The van der Waals surface area contributed by atoms with E-state index in [0.29, 0.717) is 6.04 Å². The minimum absolute atomic E-state index is 0.165. The lowest BCUT2D eigenvalue weighted by Crippen LogP contribution is -2.44. The van der Waals surface area contributed by atoms with Crippen molar-refractivity contribution in [1.29, 1.82) is 0 Å². The predicted octanol–water partition coefficient (Wildman–Crippen LogP) is 4.45. The molecule has 2 aromatic carbocycles. The van der Waals surface area contributed by atoms with Crippen LogP contribution in [0.1, 0.15) is 24.0 Å². The molecule has 2 aromatic rings. The Hall–Kier alpha value is -2.38. The number of anilines is 1. The molecule has 4 heteroatoms. The molecule has 0 bridgehead atoms. The van der Waals surface area contributed by atoms with Crippen LogP contribution < -0.4 is 4.90 Å². The van der Waals surface area contributed by atoms with E-state index in [1.54, 1.807) is 12.1 Å². The maximum atomic E-state index is 13.0. The van der Waals surface area contributed by atoms with Gasteiger partial charge in [0, 0.05) is 37.9 Å². The molecule has 26 heavy (non-hydrogen) atoms. The zero-order chi connectivity index (χ0) is 17.9. The van der Waals surface area contributed by atoms with E-state index in [-0.39, 0.29) is 5.82 Å². The molecule has 1 fully saturated rings. The first-order valence-electron chi connectivity index (χ1n) is 9.47. The average molecular weight is 349 g/mol. The van der Waals surface area contributed by atoms with Gasteiger partial charge < -0.3 is 9.80 Å². The summed E-state index contributed by atoms with van der Waals surface area (Å²) < 4.78 is 13.0. The number of fused-ring (bicyclic) bond motifs is 1. The predicted molar refractivity (Wildman–Crippen MR) is 103 cm³/mol. The Labute approximate surface area is 154 Å². The van der Waals surface area contributed by atoms with E-state index in [1.165, 1.54) is 29.7 Å². The molecule has 0 saturated carbocycles. The fourth-order valence-corrected chi connectivity index (χ4v) is 4.23. The Morgan fingerprint density at radius 1 is 1.04 bits per heavy atom. The zero-order valence-electron chi connectivity index (χ0n) is 15.0. The van der Waals surface area contributed by atoms with Gasteiger partial charge in [0.25, 0.3) is 0 Å². The van der Waals surface area contributed by atoms with Gasteiger partial charge in [-0.2, -0.15) is 0 Å². The number of hydrogen-bond donors (Lipinski definition) is 0. The molecule has 2 heterocycles. The second-order valence-corrected chi connectivity index (χ2v) is 7.32.